The Kier molecular flexibility index (Phi) is 5.92. The minimum atomic E-state index is -3.82. The summed E-state index contributed by atoms with van der Waals surface area (Å²) >= 11 is 0. The molecule has 1 fully saturated rings. The molecule has 8 nitrogen and oxygen atoms in total. The Bertz CT molecular complexity index is 542. The summed E-state index contributed by atoms with van der Waals surface area (Å²) in [7, 11) is -7.20. The summed E-state index contributed by atoms with van der Waals surface area (Å²) in [5.41, 5.74) is 0. The number of carbonyl (C=O) groups is 1. The SMILES string of the molecule is CCOC(=O)C1CNCCN1S(=O)(=O)CCS(C)(=O)=O. The second kappa shape index (κ2) is 6.83. The molecular weight excluding hydrogens is 308 g/mol. The zero-order valence-corrected chi connectivity index (χ0v) is 13.2. The third kappa shape index (κ3) is 5.00. The van der Waals surface area contributed by atoms with Crippen LogP contribution in [-0.2, 0) is 29.4 Å². The number of sulfone groups is 1. The smallest absolute Gasteiger partial charge is 0.325 e. The first-order valence-corrected chi connectivity index (χ1v) is 9.89. The second-order valence-electron chi connectivity index (χ2n) is 4.53. The Morgan fingerprint density at radius 3 is 2.50 bits per heavy atom. The molecule has 0 radical (unpaired) electrons. The Morgan fingerprint density at radius 1 is 1.30 bits per heavy atom. The van der Waals surface area contributed by atoms with Crippen molar-refractivity contribution < 1.29 is 26.4 Å². The third-order valence-corrected chi connectivity index (χ3v) is 5.90. The summed E-state index contributed by atoms with van der Waals surface area (Å²) in [4.78, 5) is 11.8. The molecule has 1 aliphatic rings. The average Bonchev–Trinajstić information content (AvgIpc) is 2.36. The second-order valence-corrected chi connectivity index (χ2v) is 8.83. The van der Waals surface area contributed by atoms with Crippen LogP contribution < -0.4 is 5.32 Å². The van der Waals surface area contributed by atoms with E-state index in [9.17, 15) is 21.6 Å². The van der Waals surface area contributed by atoms with Gasteiger partial charge in [-0.2, -0.15) is 4.31 Å². The van der Waals surface area contributed by atoms with Crippen LogP contribution in [-0.4, -0.2) is 77.2 Å². The van der Waals surface area contributed by atoms with Gasteiger partial charge in [-0.3, -0.25) is 4.79 Å². The van der Waals surface area contributed by atoms with Crippen molar-refractivity contribution >= 4 is 25.8 Å². The summed E-state index contributed by atoms with van der Waals surface area (Å²) in [6.45, 7) is 2.49. The zero-order chi connectivity index (χ0) is 15.4. The maximum Gasteiger partial charge on any atom is 0.325 e. The van der Waals surface area contributed by atoms with Gasteiger partial charge in [0.25, 0.3) is 0 Å². The van der Waals surface area contributed by atoms with Crippen LogP contribution in [0.15, 0.2) is 0 Å². The third-order valence-electron chi connectivity index (χ3n) is 2.82. The van der Waals surface area contributed by atoms with Gasteiger partial charge in [-0.15, -0.1) is 0 Å². The van der Waals surface area contributed by atoms with E-state index >= 15 is 0 Å². The largest absolute Gasteiger partial charge is 0.465 e. The van der Waals surface area contributed by atoms with Crippen molar-refractivity contribution in [3.8, 4) is 0 Å². The molecule has 0 aromatic heterocycles. The number of nitrogens with zero attached hydrogens (tertiary/aromatic N) is 1. The van der Waals surface area contributed by atoms with Crippen molar-refractivity contribution in [1.29, 1.82) is 0 Å². The maximum absolute atomic E-state index is 12.2. The number of sulfonamides is 1. The molecule has 1 rings (SSSR count). The number of esters is 1. The van der Waals surface area contributed by atoms with E-state index in [1.165, 1.54) is 0 Å². The van der Waals surface area contributed by atoms with Gasteiger partial charge in [-0.25, -0.2) is 16.8 Å². The van der Waals surface area contributed by atoms with E-state index in [4.69, 9.17) is 4.74 Å². The fourth-order valence-electron chi connectivity index (χ4n) is 1.83. The lowest BCUT2D eigenvalue weighted by molar-refractivity contribution is -0.148. The molecular formula is C10H20N2O6S2. The molecule has 1 heterocycles. The highest BCUT2D eigenvalue weighted by atomic mass is 32.2. The maximum atomic E-state index is 12.2. The quantitative estimate of drug-likeness (QED) is 0.573. The standard InChI is InChI=1S/C10H20N2O6S2/c1-3-18-10(13)9-8-11-4-5-12(9)20(16,17)7-6-19(2,14)15/h9,11H,3-8H2,1-2H3. The minimum absolute atomic E-state index is 0.121. The Morgan fingerprint density at radius 2 is 1.95 bits per heavy atom. The van der Waals surface area contributed by atoms with E-state index < -0.39 is 43.4 Å². The highest BCUT2D eigenvalue weighted by Gasteiger charge is 2.37. The van der Waals surface area contributed by atoms with Crippen LogP contribution in [0.2, 0.25) is 0 Å². The van der Waals surface area contributed by atoms with Crippen molar-refractivity contribution in [2.24, 2.45) is 0 Å². The van der Waals surface area contributed by atoms with Gasteiger partial charge in [0.15, 0.2) is 0 Å². The van der Waals surface area contributed by atoms with Crippen LogP contribution in [0.25, 0.3) is 0 Å². The molecule has 1 atom stereocenters. The molecule has 0 bridgehead atoms. The highest BCUT2D eigenvalue weighted by molar-refractivity contribution is 7.93. The van der Waals surface area contributed by atoms with Gasteiger partial charge in [0.1, 0.15) is 15.9 Å². The first-order chi connectivity index (χ1) is 9.17. The molecule has 10 heteroatoms. The number of ether oxygens (including phenoxy) is 1. The van der Waals surface area contributed by atoms with E-state index in [1.54, 1.807) is 6.92 Å². The molecule has 1 aliphatic heterocycles. The monoisotopic (exact) mass is 328 g/mol. The van der Waals surface area contributed by atoms with Gasteiger partial charge in [-0.1, -0.05) is 0 Å². The number of nitrogens with one attached hydrogen (secondary N) is 1. The molecule has 1 saturated heterocycles. The molecule has 0 amide bonds. The lowest BCUT2D eigenvalue weighted by Crippen LogP contribution is -2.58. The summed E-state index contributed by atoms with van der Waals surface area (Å²) in [5, 5.41) is 2.92. The van der Waals surface area contributed by atoms with Crippen LogP contribution in [0, 0.1) is 0 Å². The van der Waals surface area contributed by atoms with Gasteiger partial charge < -0.3 is 10.1 Å². The fourth-order valence-corrected chi connectivity index (χ4v) is 5.04. The van der Waals surface area contributed by atoms with Crippen molar-refractivity contribution in [3.63, 3.8) is 0 Å². The summed E-state index contributed by atoms with van der Waals surface area (Å²) in [6.07, 6.45) is 0.975. The summed E-state index contributed by atoms with van der Waals surface area (Å²) in [5.74, 6) is -1.61. The van der Waals surface area contributed by atoms with Crippen molar-refractivity contribution in [2.45, 2.75) is 13.0 Å². The van der Waals surface area contributed by atoms with E-state index in [2.05, 4.69) is 5.32 Å². The Hall–Kier alpha value is -0.710. The topological polar surface area (TPSA) is 110 Å². The Balaban J connectivity index is 2.86. The average molecular weight is 328 g/mol. The van der Waals surface area contributed by atoms with Crippen LogP contribution in [0.3, 0.4) is 0 Å². The van der Waals surface area contributed by atoms with Gasteiger partial charge >= 0.3 is 5.97 Å². The van der Waals surface area contributed by atoms with Crippen molar-refractivity contribution in [1.82, 2.24) is 9.62 Å². The molecule has 0 spiro atoms. The Labute approximate surface area is 119 Å². The number of hydrogen-bond acceptors (Lipinski definition) is 7. The normalized spacial score (nSPS) is 21.6. The predicted octanol–water partition coefficient (Wildman–Crippen LogP) is -1.80. The number of piperazine rings is 1. The number of carbonyl (C=O) groups excluding carboxylic acids is 1. The van der Waals surface area contributed by atoms with E-state index in [-0.39, 0.29) is 19.7 Å². The molecule has 0 aromatic carbocycles. The summed E-state index contributed by atoms with van der Waals surface area (Å²) in [6, 6.07) is -0.937. The van der Waals surface area contributed by atoms with Crippen LogP contribution in [0.5, 0.6) is 0 Å². The van der Waals surface area contributed by atoms with E-state index in [1.807, 2.05) is 0 Å². The fraction of sp³-hybridized carbons (Fsp3) is 0.900. The molecule has 1 unspecified atom stereocenters. The van der Waals surface area contributed by atoms with Crippen LogP contribution in [0.1, 0.15) is 6.92 Å². The molecule has 118 valence electrons. The minimum Gasteiger partial charge on any atom is -0.465 e. The van der Waals surface area contributed by atoms with Gasteiger partial charge in [-0.05, 0) is 6.92 Å². The van der Waals surface area contributed by atoms with E-state index in [0.29, 0.717) is 6.54 Å². The molecule has 0 saturated carbocycles. The predicted molar refractivity (Wildman–Crippen MR) is 73.5 cm³/mol. The lowest BCUT2D eigenvalue weighted by atomic mass is 10.2. The molecule has 0 aliphatic carbocycles. The summed E-state index contributed by atoms with van der Waals surface area (Å²) < 4.78 is 52.4. The highest BCUT2D eigenvalue weighted by Crippen LogP contribution is 2.12. The van der Waals surface area contributed by atoms with Crippen molar-refractivity contribution in [2.75, 3.05) is 44.0 Å². The van der Waals surface area contributed by atoms with Crippen LogP contribution >= 0.6 is 0 Å². The van der Waals surface area contributed by atoms with Crippen molar-refractivity contribution in [3.05, 3.63) is 0 Å². The van der Waals surface area contributed by atoms with Gasteiger partial charge in [0, 0.05) is 25.9 Å². The molecule has 0 aromatic rings. The molecule has 20 heavy (non-hydrogen) atoms. The van der Waals surface area contributed by atoms with Gasteiger partial charge in [0.2, 0.25) is 10.0 Å². The lowest BCUT2D eigenvalue weighted by Gasteiger charge is -2.33. The molecule has 1 N–H and O–H groups in total. The number of hydrogen-bond donors (Lipinski definition) is 1. The first-order valence-electron chi connectivity index (χ1n) is 6.22. The van der Waals surface area contributed by atoms with Gasteiger partial charge in [0.05, 0.1) is 18.1 Å². The van der Waals surface area contributed by atoms with E-state index in [0.717, 1.165) is 10.6 Å². The van der Waals surface area contributed by atoms with Crippen LogP contribution in [0.4, 0.5) is 0 Å². The number of rotatable bonds is 6. The first kappa shape index (κ1) is 17.3. The zero-order valence-electron chi connectivity index (χ0n) is 11.5.